The number of ether oxygens (including phenoxy) is 2. The number of rotatable bonds is 5. The summed E-state index contributed by atoms with van der Waals surface area (Å²) in [7, 11) is 1.54. The number of aryl methyl sites for hydroxylation is 1. The lowest BCUT2D eigenvalue weighted by molar-refractivity contribution is -0.133. The van der Waals surface area contributed by atoms with E-state index in [4.69, 9.17) is 9.47 Å². The molecule has 34 heavy (non-hydrogen) atoms. The minimum Gasteiger partial charge on any atom is -0.495 e. The highest BCUT2D eigenvalue weighted by molar-refractivity contribution is 6.18. The fourth-order valence-corrected chi connectivity index (χ4v) is 5.45. The molecule has 0 aromatic heterocycles. The zero-order valence-electron chi connectivity index (χ0n) is 19.4. The van der Waals surface area contributed by atoms with Crippen LogP contribution in [-0.2, 0) is 14.3 Å². The molecule has 4 atom stereocenters. The van der Waals surface area contributed by atoms with Gasteiger partial charge in [0, 0.05) is 5.92 Å². The monoisotopic (exact) mass is 463 g/mol. The van der Waals surface area contributed by atoms with Gasteiger partial charge in [-0.3, -0.25) is 9.59 Å². The van der Waals surface area contributed by atoms with Gasteiger partial charge < -0.3 is 19.7 Å². The molecule has 2 saturated heterocycles. The molecule has 3 fully saturated rings. The second-order valence-corrected chi connectivity index (χ2v) is 9.20. The maximum atomic E-state index is 13.7. The Balaban J connectivity index is 1.46. The second-order valence-electron chi connectivity index (χ2n) is 9.20. The fourth-order valence-electron chi connectivity index (χ4n) is 5.45. The number of carbonyl (C=O) groups is 3. The summed E-state index contributed by atoms with van der Waals surface area (Å²) >= 11 is 0. The van der Waals surface area contributed by atoms with Crippen molar-refractivity contribution in [2.45, 2.75) is 50.9 Å². The van der Waals surface area contributed by atoms with E-state index in [1.165, 1.54) is 12.0 Å². The van der Waals surface area contributed by atoms with E-state index in [0.29, 0.717) is 17.1 Å². The molecule has 8 heteroatoms. The van der Waals surface area contributed by atoms with Gasteiger partial charge in [0.2, 0.25) is 5.91 Å². The highest BCUT2D eigenvalue weighted by Gasteiger charge is 2.58. The van der Waals surface area contributed by atoms with Gasteiger partial charge in [0.15, 0.2) is 6.10 Å². The maximum absolute atomic E-state index is 13.7. The van der Waals surface area contributed by atoms with Crippen molar-refractivity contribution < 1.29 is 23.9 Å². The van der Waals surface area contributed by atoms with Gasteiger partial charge in [-0.15, -0.1) is 0 Å². The molecule has 0 radical (unpaired) electrons. The van der Waals surface area contributed by atoms with E-state index < -0.39 is 18.2 Å². The molecule has 8 nitrogen and oxygen atoms in total. The molecule has 178 valence electrons. The van der Waals surface area contributed by atoms with Crippen LogP contribution < -0.4 is 15.0 Å². The van der Waals surface area contributed by atoms with Crippen LogP contribution in [0.3, 0.4) is 0 Å². The van der Waals surface area contributed by atoms with Crippen LogP contribution in [0.5, 0.6) is 5.75 Å². The first-order valence-corrected chi connectivity index (χ1v) is 11.8. The number of imide groups is 1. The van der Waals surface area contributed by atoms with E-state index in [2.05, 4.69) is 5.32 Å². The molecule has 5 rings (SSSR count). The zero-order valence-corrected chi connectivity index (χ0v) is 19.4. The van der Waals surface area contributed by atoms with Gasteiger partial charge in [-0.05, 0) is 44.0 Å². The van der Waals surface area contributed by atoms with Crippen molar-refractivity contribution in [1.82, 2.24) is 4.90 Å². The van der Waals surface area contributed by atoms with Crippen molar-refractivity contribution in [1.29, 1.82) is 0 Å². The van der Waals surface area contributed by atoms with Crippen LogP contribution in [0.1, 0.15) is 31.2 Å². The molecule has 4 amide bonds. The number of amides is 4. The van der Waals surface area contributed by atoms with Crippen LogP contribution in [0.4, 0.5) is 16.2 Å². The predicted molar refractivity (Wildman–Crippen MR) is 127 cm³/mol. The quantitative estimate of drug-likeness (QED) is 0.730. The average molecular weight is 464 g/mol. The van der Waals surface area contributed by atoms with Gasteiger partial charge in [0.05, 0.1) is 30.6 Å². The van der Waals surface area contributed by atoms with Gasteiger partial charge in [0.25, 0.3) is 5.91 Å². The van der Waals surface area contributed by atoms with E-state index in [1.54, 1.807) is 30.3 Å². The van der Waals surface area contributed by atoms with Gasteiger partial charge in [-0.2, -0.15) is 0 Å². The van der Waals surface area contributed by atoms with Gasteiger partial charge in [-0.25, -0.2) is 9.69 Å². The molecule has 0 bridgehead atoms. The highest BCUT2D eigenvalue weighted by Crippen LogP contribution is 2.43. The standard InChI is InChI=1S/C26H29N3O5/c1-16-11-13-17(14-12-16)29-25(31)24-23(18-7-3-5-9-20(18)34-24)28(26(29)32)15-22(30)27-19-8-4-6-10-21(19)33-2/h4,6,8,10-14,18,20,23-24H,3,5,7,9,15H2,1-2H3,(H,27,30). The predicted octanol–water partition coefficient (Wildman–Crippen LogP) is 3.74. The Morgan fingerprint density at radius 3 is 2.59 bits per heavy atom. The summed E-state index contributed by atoms with van der Waals surface area (Å²) in [4.78, 5) is 43.0. The first kappa shape index (κ1) is 22.4. The Bertz CT molecular complexity index is 1100. The number of carbonyl (C=O) groups excluding carboxylic acids is 3. The van der Waals surface area contributed by atoms with E-state index in [9.17, 15) is 14.4 Å². The SMILES string of the molecule is COc1ccccc1NC(=O)CN1C(=O)N(c2ccc(C)cc2)C(=O)C2OC3CCCCC3C21. The van der Waals surface area contributed by atoms with Gasteiger partial charge >= 0.3 is 6.03 Å². The third kappa shape index (κ3) is 3.92. The van der Waals surface area contributed by atoms with Gasteiger partial charge in [0.1, 0.15) is 12.3 Å². The summed E-state index contributed by atoms with van der Waals surface area (Å²) in [5.74, 6) is -0.124. The first-order valence-electron chi connectivity index (χ1n) is 11.8. The largest absolute Gasteiger partial charge is 0.495 e. The number of fused-ring (bicyclic) bond motifs is 3. The lowest BCUT2D eigenvalue weighted by Gasteiger charge is -2.42. The lowest BCUT2D eigenvalue weighted by atomic mass is 9.81. The molecule has 1 aliphatic carbocycles. The number of para-hydroxylation sites is 2. The Labute approximate surface area is 198 Å². The molecule has 3 aliphatic rings. The normalized spacial score (nSPS) is 26.2. The molecule has 1 N–H and O–H groups in total. The molecule has 2 aromatic rings. The summed E-state index contributed by atoms with van der Waals surface area (Å²) in [5.41, 5.74) is 2.03. The third-order valence-electron chi connectivity index (χ3n) is 7.07. The Morgan fingerprint density at radius 2 is 1.82 bits per heavy atom. The topological polar surface area (TPSA) is 88.2 Å². The number of methoxy groups -OCH3 is 1. The molecule has 2 aromatic carbocycles. The minimum atomic E-state index is -0.772. The number of anilines is 2. The molecular weight excluding hydrogens is 434 g/mol. The van der Waals surface area contributed by atoms with E-state index >= 15 is 0 Å². The minimum absolute atomic E-state index is 0.0471. The molecular formula is C26H29N3O5. The summed E-state index contributed by atoms with van der Waals surface area (Å²) in [5, 5.41) is 2.85. The molecule has 2 aliphatic heterocycles. The Morgan fingerprint density at radius 1 is 1.09 bits per heavy atom. The van der Waals surface area contributed by atoms with E-state index in [0.717, 1.165) is 36.1 Å². The van der Waals surface area contributed by atoms with Crippen molar-refractivity contribution in [2.75, 3.05) is 23.9 Å². The van der Waals surface area contributed by atoms with Crippen LogP contribution in [0.2, 0.25) is 0 Å². The number of urea groups is 1. The molecule has 1 saturated carbocycles. The van der Waals surface area contributed by atoms with E-state index in [1.807, 2.05) is 25.1 Å². The number of hydrogen-bond acceptors (Lipinski definition) is 5. The number of hydrogen-bond donors (Lipinski definition) is 1. The van der Waals surface area contributed by atoms with Crippen LogP contribution in [0.15, 0.2) is 48.5 Å². The third-order valence-corrected chi connectivity index (χ3v) is 7.07. The lowest BCUT2D eigenvalue weighted by Crippen LogP contribution is -2.65. The number of nitrogens with zero attached hydrogens (tertiary/aromatic N) is 2. The molecule has 2 heterocycles. The van der Waals surface area contributed by atoms with Crippen LogP contribution in [0.25, 0.3) is 0 Å². The fraction of sp³-hybridized carbons (Fsp3) is 0.423. The van der Waals surface area contributed by atoms with Crippen LogP contribution >= 0.6 is 0 Å². The number of nitrogens with one attached hydrogen (secondary N) is 1. The molecule has 0 spiro atoms. The van der Waals surface area contributed by atoms with Crippen molar-refractivity contribution >= 4 is 29.2 Å². The summed E-state index contributed by atoms with van der Waals surface area (Å²) in [6.07, 6.45) is 2.97. The van der Waals surface area contributed by atoms with Crippen molar-refractivity contribution in [3.05, 3.63) is 54.1 Å². The first-order chi connectivity index (χ1) is 16.5. The zero-order chi connectivity index (χ0) is 23.8. The summed E-state index contributed by atoms with van der Waals surface area (Å²) < 4.78 is 11.6. The summed E-state index contributed by atoms with van der Waals surface area (Å²) in [6, 6.07) is 13.4. The Hall–Kier alpha value is -3.39. The summed E-state index contributed by atoms with van der Waals surface area (Å²) in [6.45, 7) is 1.76. The number of benzene rings is 2. The van der Waals surface area contributed by atoms with Crippen molar-refractivity contribution in [3.8, 4) is 5.75 Å². The second kappa shape index (κ2) is 9.10. The van der Waals surface area contributed by atoms with Gasteiger partial charge in [-0.1, -0.05) is 42.7 Å². The van der Waals surface area contributed by atoms with Crippen LogP contribution in [-0.4, -0.2) is 54.6 Å². The van der Waals surface area contributed by atoms with Crippen molar-refractivity contribution in [2.24, 2.45) is 5.92 Å². The van der Waals surface area contributed by atoms with E-state index in [-0.39, 0.29) is 30.4 Å². The Kier molecular flexibility index (Phi) is 6.00. The maximum Gasteiger partial charge on any atom is 0.332 e. The highest BCUT2D eigenvalue weighted by atomic mass is 16.5. The van der Waals surface area contributed by atoms with Crippen LogP contribution in [0, 0.1) is 12.8 Å². The molecule has 4 unspecified atom stereocenters. The average Bonchev–Trinajstić information content (AvgIpc) is 3.23. The smallest absolute Gasteiger partial charge is 0.332 e. The van der Waals surface area contributed by atoms with Crippen molar-refractivity contribution in [3.63, 3.8) is 0 Å².